The van der Waals surface area contributed by atoms with E-state index in [-0.39, 0.29) is 12.2 Å². The summed E-state index contributed by atoms with van der Waals surface area (Å²) in [5, 5.41) is 22.1. The Bertz CT molecular complexity index is 1630. The summed E-state index contributed by atoms with van der Waals surface area (Å²) in [4.78, 5) is 10.3. The first-order valence-corrected chi connectivity index (χ1v) is 11.4. The predicted octanol–water partition coefficient (Wildman–Crippen LogP) is 4.58. The van der Waals surface area contributed by atoms with E-state index in [9.17, 15) is 9.65 Å². The number of anilines is 1. The highest BCUT2D eigenvalue weighted by Crippen LogP contribution is 2.30. The summed E-state index contributed by atoms with van der Waals surface area (Å²) in [6.07, 6.45) is 1.52. The van der Waals surface area contributed by atoms with Crippen LogP contribution >= 0.6 is 0 Å². The van der Waals surface area contributed by atoms with Crippen molar-refractivity contribution in [2.24, 2.45) is 0 Å². The molecule has 0 amide bonds. The van der Waals surface area contributed by atoms with Crippen LogP contribution in [0.25, 0.3) is 22.3 Å². The van der Waals surface area contributed by atoms with Crippen LogP contribution in [0.1, 0.15) is 16.8 Å². The van der Waals surface area contributed by atoms with Crippen LogP contribution in [0.2, 0.25) is 0 Å². The van der Waals surface area contributed by atoms with Crippen LogP contribution in [0.5, 0.6) is 11.5 Å². The van der Waals surface area contributed by atoms with Gasteiger partial charge in [-0.1, -0.05) is 18.2 Å². The second-order valence-corrected chi connectivity index (χ2v) is 8.07. The minimum atomic E-state index is -0.435. The fourth-order valence-corrected chi connectivity index (χ4v) is 3.94. The van der Waals surface area contributed by atoms with Crippen LogP contribution < -0.4 is 14.8 Å². The zero-order valence-electron chi connectivity index (χ0n) is 20.1. The molecule has 1 N–H and O–H groups in total. The lowest BCUT2D eigenvalue weighted by Gasteiger charge is -2.13. The topological polar surface area (TPSA) is 111 Å². The highest BCUT2D eigenvalue weighted by atomic mass is 19.1. The molecule has 0 saturated carbocycles. The van der Waals surface area contributed by atoms with Crippen molar-refractivity contribution in [1.29, 1.82) is 5.26 Å². The number of hydrogen-bond donors (Lipinski definition) is 1. The Kier molecular flexibility index (Phi) is 6.59. The molecule has 37 heavy (non-hydrogen) atoms. The van der Waals surface area contributed by atoms with Crippen LogP contribution in [0, 0.1) is 17.1 Å². The fraction of sp³-hybridized carbons (Fsp3) is 0.148. The Labute approximate surface area is 212 Å². The Morgan fingerprint density at radius 3 is 2.68 bits per heavy atom. The van der Waals surface area contributed by atoms with E-state index < -0.39 is 5.82 Å². The summed E-state index contributed by atoms with van der Waals surface area (Å²) in [6, 6.07) is 19.6. The minimum Gasteiger partial charge on any atom is -0.497 e. The average Bonchev–Trinajstić information content (AvgIpc) is 3.35. The number of nitriles is 1. The first-order valence-electron chi connectivity index (χ1n) is 11.4. The van der Waals surface area contributed by atoms with Crippen LogP contribution in [0.4, 0.5) is 10.2 Å². The summed E-state index contributed by atoms with van der Waals surface area (Å²) in [6.45, 7) is 0.428. The molecule has 0 bridgehead atoms. The number of benzene rings is 2. The Balaban J connectivity index is 1.57. The van der Waals surface area contributed by atoms with Gasteiger partial charge in [0.15, 0.2) is 11.3 Å². The highest BCUT2D eigenvalue weighted by molar-refractivity contribution is 5.89. The molecule has 0 aliphatic carbocycles. The number of nitrogens with zero attached hydrogens (tertiary/aromatic N) is 6. The number of rotatable bonds is 8. The molecule has 0 radical (unpaired) electrons. The minimum absolute atomic E-state index is 0.0528. The van der Waals surface area contributed by atoms with E-state index in [1.807, 2.05) is 24.3 Å². The third-order valence-corrected chi connectivity index (χ3v) is 5.80. The molecule has 5 rings (SSSR count). The molecule has 0 spiro atoms. The van der Waals surface area contributed by atoms with Gasteiger partial charge in [-0.15, -0.1) is 5.10 Å². The molecule has 0 unspecified atom stereocenters. The maximum atomic E-state index is 14.2. The second kappa shape index (κ2) is 10.3. The van der Waals surface area contributed by atoms with Crippen molar-refractivity contribution in [3.8, 4) is 28.8 Å². The lowest BCUT2D eigenvalue weighted by molar-refractivity contribution is 0.391. The van der Waals surface area contributed by atoms with Crippen LogP contribution in [0.3, 0.4) is 0 Å². The molecular weight excluding hydrogens is 473 g/mol. The number of aromatic nitrogens is 5. The smallest absolute Gasteiger partial charge is 0.157 e. The number of ether oxygens (including phenoxy) is 2. The molecule has 0 saturated heterocycles. The largest absolute Gasteiger partial charge is 0.497 e. The van der Waals surface area contributed by atoms with Crippen LogP contribution in [-0.2, 0) is 13.1 Å². The number of pyridine rings is 2. The highest BCUT2D eigenvalue weighted by Gasteiger charge is 2.17. The molecular formula is C27H22FN7O2. The van der Waals surface area contributed by atoms with Gasteiger partial charge in [0.2, 0.25) is 0 Å². The van der Waals surface area contributed by atoms with Gasteiger partial charge in [0.05, 0.1) is 37.2 Å². The second-order valence-electron chi connectivity index (χ2n) is 8.07. The lowest BCUT2D eigenvalue weighted by Crippen LogP contribution is -2.07. The van der Waals surface area contributed by atoms with E-state index in [1.54, 1.807) is 38.5 Å². The average molecular weight is 496 g/mol. The summed E-state index contributed by atoms with van der Waals surface area (Å²) < 4.78 is 25.0. The number of fused-ring (bicyclic) bond motifs is 1. The van der Waals surface area contributed by atoms with Crippen molar-refractivity contribution < 1.29 is 13.9 Å². The normalized spacial score (nSPS) is 10.8. The maximum Gasteiger partial charge on any atom is 0.157 e. The van der Waals surface area contributed by atoms with Gasteiger partial charge in [0.1, 0.15) is 29.4 Å². The maximum absolute atomic E-state index is 14.2. The van der Waals surface area contributed by atoms with E-state index in [4.69, 9.17) is 14.5 Å². The molecule has 5 aromatic rings. The standard InChI is InChI=1S/C27H22FN7O2/c1-36-19-10-9-18(25(12-19)37-2)15-31-27-26-23(13-22(32-27)20-7-4-3-6-17(20)14-29)33-35(34-26)16-24-21(28)8-5-11-30-24/h3-13H,15-16H2,1-2H3,(H,31,32). The molecule has 0 aliphatic heterocycles. The zero-order valence-corrected chi connectivity index (χ0v) is 20.1. The van der Waals surface area contributed by atoms with Gasteiger partial charge in [0.25, 0.3) is 0 Å². The van der Waals surface area contributed by atoms with E-state index in [0.29, 0.717) is 51.7 Å². The monoisotopic (exact) mass is 495 g/mol. The fourth-order valence-electron chi connectivity index (χ4n) is 3.94. The molecule has 3 heterocycles. The van der Waals surface area contributed by atoms with Gasteiger partial charge in [-0.05, 0) is 36.4 Å². The molecule has 0 fully saturated rings. The number of halogens is 1. The first-order chi connectivity index (χ1) is 18.1. The summed E-state index contributed by atoms with van der Waals surface area (Å²) >= 11 is 0. The van der Waals surface area contributed by atoms with E-state index >= 15 is 0 Å². The third-order valence-electron chi connectivity index (χ3n) is 5.80. The van der Waals surface area contributed by atoms with Crippen molar-refractivity contribution in [2.75, 3.05) is 19.5 Å². The van der Waals surface area contributed by atoms with Crippen molar-refractivity contribution in [3.05, 3.63) is 89.5 Å². The molecule has 0 atom stereocenters. The van der Waals surface area contributed by atoms with Crippen molar-refractivity contribution in [1.82, 2.24) is 25.0 Å². The molecule has 9 nitrogen and oxygen atoms in total. The quantitative estimate of drug-likeness (QED) is 0.333. The molecule has 184 valence electrons. The summed E-state index contributed by atoms with van der Waals surface area (Å²) in [5.74, 6) is 1.37. The predicted molar refractivity (Wildman–Crippen MR) is 136 cm³/mol. The first kappa shape index (κ1) is 23.7. The number of hydrogen-bond acceptors (Lipinski definition) is 8. The van der Waals surface area contributed by atoms with Gasteiger partial charge in [-0.3, -0.25) is 4.98 Å². The van der Waals surface area contributed by atoms with Gasteiger partial charge in [0, 0.05) is 29.9 Å². The van der Waals surface area contributed by atoms with Gasteiger partial charge in [-0.25, -0.2) is 9.37 Å². The lowest BCUT2D eigenvalue weighted by atomic mass is 10.0. The van der Waals surface area contributed by atoms with Crippen LogP contribution in [-0.4, -0.2) is 39.2 Å². The van der Waals surface area contributed by atoms with Crippen molar-refractivity contribution in [3.63, 3.8) is 0 Å². The number of methoxy groups -OCH3 is 2. The van der Waals surface area contributed by atoms with Gasteiger partial charge in [-0.2, -0.15) is 15.2 Å². The Morgan fingerprint density at radius 2 is 1.89 bits per heavy atom. The molecule has 2 aromatic carbocycles. The summed E-state index contributed by atoms with van der Waals surface area (Å²) in [7, 11) is 3.19. The zero-order chi connectivity index (χ0) is 25.8. The van der Waals surface area contributed by atoms with Crippen molar-refractivity contribution in [2.45, 2.75) is 13.1 Å². The Hall–Kier alpha value is -5.04. The molecule has 0 aliphatic rings. The van der Waals surface area contributed by atoms with Crippen LogP contribution in [0.15, 0.2) is 66.9 Å². The van der Waals surface area contributed by atoms with E-state index in [2.05, 4.69) is 26.6 Å². The van der Waals surface area contributed by atoms with E-state index in [0.717, 1.165) is 5.56 Å². The van der Waals surface area contributed by atoms with Gasteiger partial charge >= 0.3 is 0 Å². The molecule has 3 aromatic heterocycles. The Morgan fingerprint density at radius 1 is 1.03 bits per heavy atom. The van der Waals surface area contributed by atoms with Gasteiger partial charge < -0.3 is 14.8 Å². The SMILES string of the molecule is COc1ccc(CNc2nc(-c3ccccc3C#N)cc3nn(Cc4ncccc4F)nc23)c(OC)c1. The number of nitrogens with one attached hydrogen (secondary N) is 1. The summed E-state index contributed by atoms with van der Waals surface area (Å²) in [5.41, 5.74) is 3.86. The molecule has 10 heteroatoms. The third kappa shape index (κ3) is 4.88. The van der Waals surface area contributed by atoms with Crippen molar-refractivity contribution >= 4 is 16.9 Å². The van der Waals surface area contributed by atoms with E-state index in [1.165, 1.54) is 23.1 Å².